The van der Waals surface area contributed by atoms with Gasteiger partial charge in [-0.2, -0.15) is 0 Å². The van der Waals surface area contributed by atoms with Gasteiger partial charge in [-0.3, -0.25) is 4.79 Å². The van der Waals surface area contributed by atoms with Crippen molar-refractivity contribution in [3.8, 4) is 0 Å². The first kappa shape index (κ1) is 17.5. The number of carbonyl (C=O) groups excluding carboxylic acids is 1. The summed E-state index contributed by atoms with van der Waals surface area (Å²) in [5, 5.41) is 4.30. The standard InChI is InChI=1S/C18H17ClN2O3S/c19-14-6-7-17-16(10-14)13(11-21-17)8-9-20-18(22)12-25(23,24)15-4-2-1-3-5-15/h1-7,10-11,21H,8-9,12H2,(H,20,22). The van der Waals surface area contributed by atoms with E-state index in [0.29, 0.717) is 18.0 Å². The molecule has 0 fully saturated rings. The highest BCUT2D eigenvalue weighted by molar-refractivity contribution is 7.92. The van der Waals surface area contributed by atoms with Crippen LogP contribution < -0.4 is 5.32 Å². The Morgan fingerprint density at radius 1 is 1.12 bits per heavy atom. The SMILES string of the molecule is O=C(CS(=O)(=O)c1ccccc1)NCCc1c[nH]c2ccc(Cl)cc12. The van der Waals surface area contributed by atoms with Gasteiger partial charge in [0.15, 0.2) is 9.84 Å². The van der Waals surface area contributed by atoms with Crippen molar-refractivity contribution < 1.29 is 13.2 Å². The van der Waals surface area contributed by atoms with Gasteiger partial charge >= 0.3 is 0 Å². The van der Waals surface area contributed by atoms with E-state index in [0.717, 1.165) is 16.5 Å². The molecule has 0 atom stereocenters. The lowest BCUT2D eigenvalue weighted by atomic mass is 10.1. The molecule has 0 bridgehead atoms. The minimum atomic E-state index is -3.62. The Bertz CT molecular complexity index is 998. The Kier molecular flexibility index (Phi) is 5.11. The second-order valence-electron chi connectivity index (χ2n) is 5.68. The predicted octanol–water partition coefficient (Wildman–Crippen LogP) is 2.95. The fraction of sp³-hybridized carbons (Fsp3) is 0.167. The Labute approximate surface area is 150 Å². The molecule has 5 nitrogen and oxygen atoms in total. The summed E-state index contributed by atoms with van der Waals surface area (Å²) in [6.45, 7) is 0.350. The van der Waals surface area contributed by atoms with Crippen molar-refractivity contribution in [1.29, 1.82) is 0 Å². The molecule has 2 N–H and O–H groups in total. The molecule has 0 saturated carbocycles. The number of carbonyl (C=O) groups is 1. The number of sulfone groups is 1. The predicted molar refractivity (Wildman–Crippen MR) is 98.5 cm³/mol. The van der Waals surface area contributed by atoms with Crippen molar-refractivity contribution in [2.45, 2.75) is 11.3 Å². The van der Waals surface area contributed by atoms with Gasteiger partial charge in [0, 0.05) is 28.7 Å². The number of H-pyrrole nitrogens is 1. The monoisotopic (exact) mass is 376 g/mol. The third kappa shape index (κ3) is 4.21. The second kappa shape index (κ2) is 7.29. The first-order chi connectivity index (χ1) is 12.0. The van der Waals surface area contributed by atoms with Gasteiger partial charge in [0.2, 0.25) is 5.91 Å². The average molecular weight is 377 g/mol. The molecule has 1 aromatic heterocycles. The van der Waals surface area contributed by atoms with Crippen LogP contribution in [-0.2, 0) is 21.1 Å². The van der Waals surface area contributed by atoms with Crippen LogP contribution in [-0.4, -0.2) is 31.6 Å². The number of hydrogen-bond acceptors (Lipinski definition) is 3. The molecular weight excluding hydrogens is 360 g/mol. The lowest BCUT2D eigenvalue weighted by Gasteiger charge is -2.06. The minimum Gasteiger partial charge on any atom is -0.361 e. The summed E-state index contributed by atoms with van der Waals surface area (Å²) >= 11 is 6.01. The molecule has 0 saturated heterocycles. The maximum Gasteiger partial charge on any atom is 0.235 e. The fourth-order valence-corrected chi connectivity index (χ4v) is 3.99. The number of aromatic nitrogens is 1. The molecule has 0 unspecified atom stereocenters. The molecule has 0 radical (unpaired) electrons. The molecule has 25 heavy (non-hydrogen) atoms. The summed E-state index contributed by atoms with van der Waals surface area (Å²) in [7, 11) is -3.62. The molecule has 0 aliphatic carbocycles. The summed E-state index contributed by atoms with van der Waals surface area (Å²) in [5.74, 6) is -1.07. The number of aromatic amines is 1. The Morgan fingerprint density at radius 2 is 1.88 bits per heavy atom. The Hall–Kier alpha value is -2.31. The zero-order valence-electron chi connectivity index (χ0n) is 13.3. The number of rotatable bonds is 6. The quantitative estimate of drug-likeness (QED) is 0.694. The third-order valence-corrected chi connectivity index (χ3v) is 5.74. The summed E-state index contributed by atoms with van der Waals surface area (Å²) < 4.78 is 24.3. The molecule has 0 aliphatic rings. The summed E-state index contributed by atoms with van der Waals surface area (Å²) in [4.78, 5) is 15.3. The third-order valence-electron chi connectivity index (χ3n) is 3.87. The van der Waals surface area contributed by atoms with Crippen molar-refractivity contribution in [2.75, 3.05) is 12.3 Å². The second-order valence-corrected chi connectivity index (χ2v) is 8.10. The van der Waals surface area contributed by atoms with Crippen molar-refractivity contribution in [3.63, 3.8) is 0 Å². The van der Waals surface area contributed by atoms with Gasteiger partial charge in [-0.05, 0) is 42.3 Å². The molecule has 1 amide bonds. The van der Waals surface area contributed by atoms with Crippen LogP contribution in [0.2, 0.25) is 5.02 Å². The summed E-state index contributed by atoms with van der Waals surface area (Å²) in [6.07, 6.45) is 2.45. The molecule has 130 valence electrons. The first-order valence-electron chi connectivity index (χ1n) is 7.76. The van der Waals surface area contributed by atoms with Crippen LogP contribution in [0.1, 0.15) is 5.56 Å². The van der Waals surface area contributed by atoms with E-state index in [1.807, 2.05) is 18.3 Å². The van der Waals surface area contributed by atoms with Gasteiger partial charge in [-0.15, -0.1) is 0 Å². The van der Waals surface area contributed by atoms with E-state index in [4.69, 9.17) is 11.6 Å². The van der Waals surface area contributed by atoms with Crippen LogP contribution in [0.25, 0.3) is 10.9 Å². The number of fused-ring (bicyclic) bond motifs is 1. The highest BCUT2D eigenvalue weighted by Gasteiger charge is 2.18. The highest BCUT2D eigenvalue weighted by atomic mass is 35.5. The van der Waals surface area contributed by atoms with E-state index in [9.17, 15) is 13.2 Å². The molecule has 3 aromatic rings. The van der Waals surface area contributed by atoms with Crippen LogP contribution in [0.5, 0.6) is 0 Å². The van der Waals surface area contributed by atoms with Crippen molar-refractivity contribution in [1.82, 2.24) is 10.3 Å². The van der Waals surface area contributed by atoms with Crippen molar-refractivity contribution in [2.24, 2.45) is 0 Å². The lowest BCUT2D eigenvalue weighted by molar-refractivity contribution is -0.118. The Morgan fingerprint density at radius 3 is 2.64 bits per heavy atom. The van der Waals surface area contributed by atoms with Gasteiger partial charge in [-0.1, -0.05) is 29.8 Å². The van der Waals surface area contributed by atoms with Crippen LogP contribution in [0.3, 0.4) is 0 Å². The maximum absolute atomic E-state index is 12.2. The summed E-state index contributed by atoms with van der Waals surface area (Å²) in [5.41, 5.74) is 1.99. The maximum atomic E-state index is 12.2. The van der Waals surface area contributed by atoms with E-state index < -0.39 is 21.5 Å². The molecule has 7 heteroatoms. The zero-order chi connectivity index (χ0) is 17.9. The van der Waals surface area contributed by atoms with Gasteiger partial charge in [0.25, 0.3) is 0 Å². The topological polar surface area (TPSA) is 79.0 Å². The normalized spacial score (nSPS) is 11.6. The molecule has 0 aliphatic heterocycles. The molecule has 1 heterocycles. The summed E-state index contributed by atoms with van der Waals surface area (Å²) in [6, 6.07) is 13.5. The number of halogens is 1. The van der Waals surface area contributed by atoms with Gasteiger partial charge in [0.1, 0.15) is 5.75 Å². The average Bonchev–Trinajstić information content (AvgIpc) is 2.97. The number of benzene rings is 2. The van der Waals surface area contributed by atoms with Gasteiger partial charge < -0.3 is 10.3 Å². The minimum absolute atomic E-state index is 0.149. The molecule has 3 rings (SSSR count). The smallest absolute Gasteiger partial charge is 0.235 e. The van der Waals surface area contributed by atoms with E-state index in [2.05, 4.69) is 10.3 Å². The first-order valence-corrected chi connectivity index (χ1v) is 9.79. The molecule has 2 aromatic carbocycles. The fourth-order valence-electron chi connectivity index (χ4n) is 2.63. The van der Waals surface area contributed by atoms with Crippen molar-refractivity contribution >= 4 is 38.2 Å². The molecule has 0 spiro atoms. The van der Waals surface area contributed by atoms with Gasteiger partial charge in [-0.25, -0.2) is 8.42 Å². The number of nitrogens with one attached hydrogen (secondary N) is 2. The van der Waals surface area contributed by atoms with Crippen molar-refractivity contribution in [3.05, 3.63) is 65.3 Å². The largest absolute Gasteiger partial charge is 0.361 e. The Balaban J connectivity index is 1.58. The highest BCUT2D eigenvalue weighted by Crippen LogP contribution is 2.22. The molecular formula is C18H17ClN2O3S. The van der Waals surface area contributed by atoms with E-state index in [-0.39, 0.29) is 4.90 Å². The van der Waals surface area contributed by atoms with E-state index in [1.165, 1.54) is 12.1 Å². The number of hydrogen-bond donors (Lipinski definition) is 2. The van der Waals surface area contributed by atoms with E-state index in [1.54, 1.807) is 24.3 Å². The van der Waals surface area contributed by atoms with Crippen LogP contribution >= 0.6 is 11.6 Å². The number of amides is 1. The van der Waals surface area contributed by atoms with Crippen LogP contribution in [0.4, 0.5) is 0 Å². The van der Waals surface area contributed by atoms with Crippen LogP contribution in [0.15, 0.2) is 59.6 Å². The zero-order valence-corrected chi connectivity index (χ0v) is 14.9. The van der Waals surface area contributed by atoms with Gasteiger partial charge in [0.05, 0.1) is 4.90 Å². The van der Waals surface area contributed by atoms with E-state index >= 15 is 0 Å². The van der Waals surface area contributed by atoms with Crippen LogP contribution in [0, 0.1) is 0 Å². The lowest BCUT2D eigenvalue weighted by Crippen LogP contribution is -2.31.